The van der Waals surface area contributed by atoms with Gasteiger partial charge in [0, 0.05) is 13.1 Å². The minimum Gasteiger partial charge on any atom is -0.383 e. The van der Waals surface area contributed by atoms with Crippen molar-refractivity contribution in [3.05, 3.63) is 10.2 Å². The average Bonchev–Trinajstić information content (AvgIpc) is 2.26. The van der Waals surface area contributed by atoms with Crippen LogP contribution >= 0.6 is 15.9 Å². The van der Waals surface area contributed by atoms with Gasteiger partial charge in [0.05, 0.1) is 10.2 Å². The summed E-state index contributed by atoms with van der Waals surface area (Å²) in [5, 5.41) is 0. The highest BCUT2D eigenvalue weighted by atomic mass is 79.9. The van der Waals surface area contributed by atoms with E-state index in [1.54, 1.807) is 0 Å². The van der Waals surface area contributed by atoms with Crippen molar-refractivity contribution < 1.29 is 0 Å². The number of hydrogen-bond donors (Lipinski definition) is 1. The van der Waals surface area contributed by atoms with Gasteiger partial charge in [-0.15, -0.1) is 0 Å². The smallest absolute Gasteiger partial charge is 0.227 e. The first-order valence-corrected chi connectivity index (χ1v) is 6.02. The lowest BCUT2D eigenvalue weighted by molar-refractivity contribution is 0.568. The Morgan fingerprint density at radius 3 is 2.47 bits per heavy atom. The van der Waals surface area contributed by atoms with E-state index >= 15 is 0 Å². The molecule has 0 atom stereocenters. The van der Waals surface area contributed by atoms with Crippen LogP contribution in [0.3, 0.4) is 0 Å². The van der Waals surface area contributed by atoms with Crippen molar-refractivity contribution in [2.75, 3.05) is 23.7 Å². The van der Waals surface area contributed by atoms with E-state index in [4.69, 9.17) is 5.73 Å². The standard InChI is InChI=1S/C10H15BrN4/c1-7-8(11)9(12)14-10(13-7)15-5-3-2-4-6-15/h2-6H2,1H3,(H2,12,13,14). The van der Waals surface area contributed by atoms with Crippen LogP contribution in [0, 0.1) is 6.92 Å². The highest BCUT2D eigenvalue weighted by Gasteiger charge is 2.15. The zero-order valence-corrected chi connectivity index (χ0v) is 10.4. The molecule has 0 radical (unpaired) electrons. The van der Waals surface area contributed by atoms with Gasteiger partial charge in [-0.2, -0.15) is 4.98 Å². The lowest BCUT2D eigenvalue weighted by Crippen LogP contribution is -2.31. The molecule has 2 rings (SSSR count). The predicted molar refractivity (Wildman–Crippen MR) is 64.9 cm³/mol. The zero-order valence-electron chi connectivity index (χ0n) is 8.83. The molecule has 0 aromatic carbocycles. The van der Waals surface area contributed by atoms with Gasteiger partial charge in [0.15, 0.2) is 0 Å². The van der Waals surface area contributed by atoms with E-state index in [2.05, 4.69) is 30.8 Å². The van der Waals surface area contributed by atoms with Crippen molar-refractivity contribution in [3.8, 4) is 0 Å². The van der Waals surface area contributed by atoms with E-state index in [9.17, 15) is 0 Å². The molecule has 1 fully saturated rings. The van der Waals surface area contributed by atoms with Gasteiger partial charge in [0.25, 0.3) is 0 Å². The first kappa shape index (κ1) is 10.7. The summed E-state index contributed by atoms with van der Waals surface area (Å²) in [7, 11) is 0. The Hall–Kier alpha value is -0.840. The minimum absolute atomic E-state index is 0.531. The molecule has 0 unspecified atom stereocenters. The molecule has 4 nitrogen and oxygen atoms in total. The quantitative estimate of drug-likeness (QED) is 0.850. The van der Waals surface area contributed by atoms with Crippen molar-refractivity contribution in [2.45, 2.75) is 26.2 Å². The fourth-order valence-electron chi connectivity index (χ4n) is 1.80. The molecule has 0 saturated carbocycles. The monoisotopic (exact) mass is 270 g/mol. The highest BCUT2D eigenvalue weighted by Crippen LogP contribution is 2.24. The zero-order chi connectivity index (χ0) is 10.8. The van der Waals surface area contributed by atoms with Crippen LogP contribution in [0.25, 0.3) is 0 Å². The second kappa shape index (κ2) is 4.35. The van der Waals surface area contributed by atoms with Crippen LogP contribution in [0.15, 0.2) is 4.47 Å². The molecule has 0 bridgehead atoms. The van der Waals surface area contributed by atoms with Crippen molar-refractivity contribution >= 4 is 27.7 Å². The summed E-state index contributed by atoms with van der Waals surface area (Å²) < 4.78 is 0.809. The number of aryl methyl sites for hydroxylation is 1. The maximum atomic E-state index is 5.80. The van der Waals surface area contributed by atoms with E-state index in [1.165, 1.54) is 19.3 Å². The topological polar surface area (TPSA) is 55.0 Å². The largest absolute Gasteiger partial charge is 0.383 e. The average molecular weight is 271 g/mol. The van der Waals surface area contributed by atoms with Gasteiger partial charge in [-0.25, -0.2) is 4.98 Å². The number of piperidine rings is 1. The van der Waals surface area contributed by atoms with Crippen LogP contribution in [0.5, 0.6) is 0 Å². The van der Waals surface area contributed by atoms with E-state index in [0.717, 1.165) is 29.2 Å². The number of rotatable bonds is 1. The van der Waals surface area contributed by atoms with Crippen LogP contribution in [0.1, 0.15) is 25.0 Å². The SMILES string of the molecule is Cc1nc(N2CCCCC2)nc(N)c1Br. The van der Waals surface area contributed by atoms with Crippen molar-refractivity contribution in [1.29, 1.82) is 0 Å². The molecule has 1 aromatic heterocycles. The first-order valence-electron chi connectivity index (χ1n) is 5.23. The summed E-state index contributed by atoms with van der Waals surface area (Å²) in [6.07, 6.45) is 3.75. The van der Waals surface area contributed by atoms with E-state index in [-0.39, 0.29) is 0 Å². The van der Waals surface area contributed by atoms with Crippen molar-refractivity contribution in [3.63, 3.8) is 0 Å². The van der Waals surface area contributed by atoms with Crippen molar-refractivity contribution in [2.24, 2.45) is 0 Å². The van der Waals surface area contributed by atoms with Gasteiger partial charge < -0.3 is 10.6 Å². The summed E-state index contributed by atoms with van der Waals surface area (Å²) in [6.45, 7) is 4.02. The first-order chi connectivity index (χ1) is 7.18. The molecule has 2 N–H and O–H groups in total. The van der Waals surface area contributed by atoms with Crippen molar-refractivity contribution in [1.82, 2.24) is 9.97 Å². The summed E-state index contributed by atoms with van der Waals surface area (Å²) in [5.74, 6) is 1.30. The maximum absolute atomic E-state index is 5.80. The molecule has 1 aromatic rings. The Balaban J connectivity index is 2.27. The van der Waals surface area contributed by atoms with Gasteiger partial charge in [-0.3, -0.25) is 0 Å². The number of nitrogens with two attached hydrogens (primary N) is 1. The number of hydrogen-bond acceptors (Lipinski definition) is 4. The number of anilines is 2. The van der Waals surface area contributed by atoms with Crippen LogP contribution in [0.4, 0.5) is 11.8 Å². The second-order valence-corrected chi connectivity index (χ2v) is 4.65. The Labute approximate surface area is 98.0 Å². The number of halogens is 1. The van der Waals surface area contributed by atoms with Crippen LogP contribution in [-0.4, -0.2) is 23.1 Å². The molecule has 2 heterocycles. The van der Waals surface area contributed by atoms with Gasteiger partial charge in [0.1, 0.15) is 5.82 Å². The third kappa shape index (κ3) is 2.22. The second-order valence-electron chi connectivity index (χ2n) is 3.86. The van der Waals surface area contributed by atoms with Gasteiger partial charge in [-0.1, -0.05) is 0 Å². The lowest BCUT2D eigenvalue weighted by atomic mass is 10.1. The molecule has 15 heavy (non-hydrogen) atoms. The molecule has 0 aliphatic carbocycles. The lowest BCUT2D eigenvalue weighted by Gasteiger charge is -2.27. The van der Waals surface area contributed by atoms with Crippen LogP contribution < -0.4 is 10.6 Å². The normalized spacial score (nSPS) is 16.8. The summed E-state index contributed by atoms with van der Waals surface area (Å²) >= 11 is 3.37. The van der Waals surface area contributed by atoms with Gasteiger partial charge >= 0.3 is 0 Å². The molecule has 0 amide bonds. The Kier molecular flexibility index (Phi) is 3.09. The number of nitrogens with zero attached hydrogens (tertiary/aromatic N) is 3. The molecule has 1 aliphatic rings. The molecular weight excluding hydrogens is 256 g/mol. The predicted octanol–water partition coefficient (Wildman–Crippen LogP) is 2.12. The van der Waals surface area contributed by atoms with E-state index in [1.807, 2.05) is 6.92 Å². The molecule has 5 heteroatoms. The Morgan fingerprint density at radius 2 is 1.87 bits per heavy atom. The van der Waals surface area contributed by atoms with Gasteiger partial charge in [0.2, 0.25) is 5.95 Å². The Morgan fingerprint density at radius 1 is 1.20 bits per heavy atom. The highest BCUT2D eigenvalue weighted by molar-refractivity contribution is 9.10. The van der Waals surface area contributed by atoms with Crippen LogP contribution in [-0.2, 0) is 0 Å². The molecule has 1 saturated heterocycles. The fraction of sp³-hybridized carbons (Fsp3) is 0.600. The molecule has 82 valence electrons. The summed E-state index contributed by atoms with van der Waals surface area (Å²) in [4.78, 5) is 11.0. The third-order valence-corrected chi connectivity index (χ3v) is 3.65. The number of aromatic nitrogens is 2. The maximum Gasteiger partial charge on any atom is 0.227 e. The summed E-state index contributed by atoms with van der Waals surface area (Å²) in [6, 6.07) is 0. The third-order valence-electron chi connectivity index (χ3n) is 2.67. The van der Waals surface area contributed by atoms with E-state index in [0.29, 0.717) is 5.82 Å². The Bertz CT molecular complexity index is 337. The minimum atomic E-state index is 0.531. The molecule has 1 aliphatic heterocycles. The molecular formula is C10H15BrN4. The molecule has 0 spiro atoms. The van der Waals surface area contributed by atoms with Gasteiger partial charge in [-0.05, 0) is 42.1 Å². The summed E-state index contributed by atoms with van der Waals surface area (Å²) in [5.41, 5.74) is 6.71. The van der Waals surface area contributed by atoms with E-state index < -0.39 is 0 Å². The fourth-order valence-corrected chi connectivity index (χ4v) is 1.98. The van der Waals surface area contributed by atoms with Crippen LogP contribution in [0.2, 0.25) is 0 Å². The number of nitrogen functional groups attached to an aromatic ring is 1.